The number of halogens is 1. The molecule has 2 aromatic carbocycles. The number of hydrogen-bond donors (Lipinski definition) is 1. The summed E-state index contributed by atoms with van der Waals surface area (Å²) < 4.78 is 5.44. The predicted octanol–water partition coefficient (Wildman–Crippen LogP) is 1.38. The third-order valence-electron chi connectivity index (χ3n) is 3.05. The van der Waals surface area contributed by atoms with Gasteiger partial charge < -0.3 is 17.1 Å². The van der Waals surface area contributed by atoms with Crippen molar-refractivity contribution in [2.45, 2.75) is 6.92 Å². The maximum atomic E-state index is 5.44. The molecule has 0 aliphatic rings. The Hall–Kier alpha value is -2.04. The van der Waals surface area contributed by atoms with Crippen LogP contribution in [0.25, 0.3) is 11.3 Å². The summed E-state index contributed by atoms with van der Waals surface area (Å²) in [6.07, 6.45) is 0. The fourth-order valence-corrected chi connectivity index (χ4v) is 2.83. The van der Waals surface area contributed by atoms with Crippen molar-refractivity contribution in [2.75, 3.05) is 11.9 Å². The molecule has 0 saturated heterocycles. The monoisotopic (exact) mass is 332 g/mol. The molecule has 0 fully saturated rings. The molecule has 0 atom stereocenters. The van der Waals surface area contributed by atoms with Crippen molar-refractivity contribution in [3.05, 3.63) is 60.0 Å². The van der Waals surface area contributed by atoms with Gasteiger partial charge >= 0.3 is 5.13 Å². The van der Waals surface area contributed by atoms with Crippen molar-refractivity contribution in [2.24, 2.45) is 0 Å². The number of aromatic amines is 1. The standard InChI is InChI=1S/C17H16N2OS.ClH/c1-2-20-15-10-8-14(9-11-15)18-17-19-16(12-21-17)13-6-4-3-5-7-13;/h3-12H,2H2,1H3,(H,18,19);1H. The summed E-state index contributed by atoms with van der Waals surface area (Å²) in [6.45, 7) is 2.67. The molecule has 0 bridgehead atoms. The fraction of sp³-hybridized carbons (Fsp3) is 0.118. The molecule has 3 rings (SSSR count). The normalized spacial score (nSPS) is 9.86. The van der Waals surface area contributed by atoms with E-state index in [1.165, 1.54) is 5.56 Å². The van der Waals surface area contributed by atoms with Crippen LogP contribution in [0.15, 0.2) is 60.0 Å². The highest BCUT2D eigenvalue weighted by Crippen LogP contribution is 2.24. The van der Waals surface area contributed by atoms with Crippen molar-refractivity contribution in [3.63, 3.8) is 0 Å². The van der Waals surface area contributed by atoms with Crippen LogP contribution in [0.5, 0.6) is 5.75 Å². The SMILES string of the molecule is CCOc1ccc(Nc2[nH+]c(-c3ccccc3)cs2)cc1.[Cl-]. The first-order valence-corrected chi connectivity index (χ1v) is 7.79. The Balaban J connectivity index is 0.00000176. The van der Waals surface area contributed by atoms with Crippen molar-refractivity contribution in [3.8, 4) is 17.0 Å². The van der Waals surface area contributed by atoms with E-state index in [0.717, 1.165) is 22.3 Å². The van der Waals surface area contributed by atoms with E-state index >= 15 is 0 Å². The summed E-state index contributed by atoms with van der Waals surface area (Å²) in [5.74, 6) is 0.892. The molecular formula is C17H17ClN2OS. The van der Waals surface area contributed by atoms with Crippen molar-refractivity contribution in [1.29, 1.82) is 0 Å². The van der Waals surface area contributed by atoms with Crippen LogP contribution in [-0.4, -0.2) is 6.61 Å². The average Bonchev–Trinajstić information content (AvgIpc) is 2.99. The lowest BCUT2D eigenvalue weighted by Crippen LogP contribution is -3.00. The number of thiazole rings is 1. The lowest BCUT2D eigenvalue weighted by Gasteiger charge is -2.02. The third-order valence-corrected chi connectivity index (χ3v) is 3.84. The zero-order valence-corrected chi connectivity index (χ0v) is 13.7. The zero-order valence-electron chi connectivity index (χ0n) is 12.2. The molecule has 5 heteroatoms. The zero-order chi connectivity index (χ0) is 14.5. The van der Waals surface area contributed by atoms with Crippen LogP contribution in [0.3, 0.4) is 0 Å². The first kappa shape index (κ1) is 16.3. The molecule has 0 aliphatic carbocycles. The first-order valence-electron chi connectivity index (χ1n) is 6.91. The highest BCUT2D eigenvalue weighted by molar-refractivity contribution is 7.13. The molecule has 3 aromatic rings. The average molecular weight is 333 g/mol. The van der Waals surface area contributed by atoms with E-state index in [9.17, 15) is 0 Å². The number of anilines is 2. The summed E-state index contributed by atoms with van der Waals surface area (Å²) >= 11 is 1.66. The summed E-state index contributed by atoms with van der Waals surface area (Å²) in [5.41, 5.74) is 3.35. The van der Waals surface area contributed by atoms with Crippen LogP contribution in [0.1, 0.15) is 6.92 Å². The summed E-state index contributed by atoms with van der Waals surface area (Å²) in [4.78, 5) is 3.39. The van der Waals surface area contributed by atoms with Gasteiger partial charge in [-0.15, -0.1) is 0 Å². The van der Waals surface area contributed by atoms with Gasteiger partial charge in [0.25, 0.3) is 0 Å². The largest absolute Gasteiger partial charge is 1.00 e. The topological polar surface area (TPSA) is 35.4 Å². The van der Waals surface area contributed by atoms with Gasteiger partial charge in [-0.3, -0.25) is 0 Å². The van der Waals surface area contributed by atoms with Crippen molar-refractivity contribution >= 4 is 22.2 Å². The predicted molar refractivity (Wildman–Crippen MR) is 87.2 cm³/mol. The van der Waals surface area contributed by atoms with Crippen molar-refractivity contribution in [1.82, 2.24) is 0 Å². The third kappa shape index (κ3) is 4.00. The van der Waals surface area contributed by atoms with E-state index < -0.39 is 0 Å². The maximum Gasteiger partial charge on any atom is 0.337 e. The Kier molecular flexibility index (Phi) is 5.81. The number of nitrogens with one attached hydrogen (secondary N) is 2. The first-order chi connectivity index (χ1) is 10.3. The van der Waals surface area contributed by atoms with Crippen LogP contribution < -0.4 is 27.4 Å². The molecule has 22 heavy (non-hydrogen) atoms. The second kappa shape index (κ2) is 7.82. The van der Waals surface area contributed by atoms with E-state index in [2.05, 4.69) is 27.8 Å². The molecular weight excluding hydrogens is 316 g/mol. The molecule has 2 N–H and O–H groups in total. The minimum absolute atomic E-state index is 0. The second-order valence-corrected chi connectivity index (χ2v) is 5.43. The highest BCUT2D eigenvalue weighted by atomic mass is 35.5. The van der Waals surface area contributed by atoms with Crippen LogP contribution in [-0.2, 0) is 0 Å². The van der Waals surface area contributed by atoms with Gasteiger partial charge in [-0.2, -0.15) is 0 Å². The van der Waals surface area contributed by atoms with E-state index in [4.69, 9.17) is 4.74 Å². The number of aromatic nitrogens is 1. The van der Waals surface area contributed by atoms with E-state index in [-0.39, 0.29) is 12.4 Å². The number of benzene rings is 2. The van der Waals surface area contributed by atoms with Crippen LogP contribution in [0, 0.1) is 0 Å². The van der Waals surface area contributed by atoms with Crippen LogP contribution in [0.2, 0.25) is 0 Å². The maximum absolute atomic E-state index is 5.44. The van der Waals surface area contributed by atoms with Crippen LogP contribution >= 0.6 is 11.3 Å². The Morgan fingerprint density at radius 3 is 2.45 bits per heavy atom. The minimum atomic E-state index is 0. The molecule has 1 aromatic heterocycles. The molecule has 0 saturated carbocycles. The molecule has 0 unspecified atom stereocenters. The van der Waals surface area contributed by atoms with Gasteiger partial charge in [0.2, 0.25) is 0 Å². The minimum Gasteiger partial charge on any atom is -1.00 e. The van der Waals surface area contributed by atoms with E-state index in [1.54, 1.807) is 11.3 Å². The van der Waals surface area contributed by atoms with E-state index in [0.29, 0.717) is 6.61 Å². The summed E-state index contributed by atoms with van der Waals surface area (Å²) in [5, 5.41) is 6.50. The number of ether oxygens (including phenoxy) is 1. The van der Waals surface area contributed by atoms with Gasteiger partial charge in [0.1, 0.15) is 17.1 Å². The Morgan fingerprint density at radius 1 is 1.05 bits per heavy atom. The van der Waals surface area contributed by atoms with Crippen molar-refractivity contribution < 1.29 is 22.1 Å². The quantitative estimate of drug-likeness (QED) is 0.766. The molecule has 0 spiro atoms. The van der Waals surface area contributed by atoms with Crippen LogP contribution in [0.4, 0.5) is 10.8 Å². The van der Waals surface area contributed by atoms with Gasteiger partial charge in [-0.05, 0) is 31.2 Å². The molecule has 114 valence electrons. The summed E-state index contributed by atoms with van der Waals surface area (Å²) in [7, 11) is 0. The smallest absolute Gasteiger partial charge is 0.337 e. The molecule has 0 amide bonds. The molecule has 3 nitrogen and oxygen atoms in total. The van der Waals surface area contributed by atoms with Gasteiger partial charge in [0, 0.05) is 10.9 Å². The molecule has 1 heterocycles. The number of hydrogen-bond acceptors (Lipinski definition) is 3. The highest BCUT2D eigenvalue weighted by Gasteiger charge is 2.10. The van der Waals surface area contributed by atoms with Gasteiger partial charge in [-0.1, -0.05) is 41.7 Å². The molecule has 0 aliphatic heterocycles. The Bertz CT molecular complexity index is 698. The van der Waals surface area contributed by atoms with Gasteiger partial charge in [0.15, 0.2) is 0 Å². The fourth-order valence-electron chi connectivity index (χ4n) is 2.05. The Labute approximate surface area is 140 Å². The molecule has 0 radical (unpaired) electrons. The van der Waals surface area contributed by atoms with Gasteiger partial charge in [-0.25, -0.2) is 10.3 Å². The second-order valence-electron chi connectivity index (χ2n) is 4.55. The summed E-state index contributed by atoms with van der Waals surface area (Å²) in [6, 6.07) is 18.3. The van der Waals surface area contributed by atoms with Gasteiger partial charge in [0.05, 0.1) is 6.61 Å². The lowest BCUT2D eigenvalue weighted by molar-refractivity contribution is -0.340. The number of rotatable bonds is 5. The lowest BCUT2D eigenvalue weighted by atomic mass is 10.2. The number of H-pyrrole nitrogens is 1. The van der Waals surface area contributed by atoms with E-state index in [1.807, 2.05) is 49.4 Å². The Morgan fingerprint density at radius 2 is 1.77 bits per heavy atom.